The van der Waals surface area contributed by atoms with Gasteiger partial charge in [0.15, 0.2) is 0 Å². The number of hydrogen-bond acceptors (Lipinski definition) is 8. The Bertz CT molecular complexity index is 940. The molecule has 0 heterocycles. The maximum absolute atomic E-state index is 11.1. The van der Waals surface area contributed by atoms with Gasteiger partial charge in [-0.2, -0.15) is 5.10 Å². The van der Waals surface area contributed by atoms with Crippen LogP contribution in [0.25, 0.3) is 0 Å². The number of nitro groups is 3. The highest BCUT2D eigenvalue weighted by atomic mass is 16.6. The molecule has 0 unspecified atom stereocenters. The molecule has 0 aliphatic heterocycles. The van der Waals surface area contributed by atoms with E-state index in [1.807, 2.05) is 0 Å². The van der Waals surface area contributed by atoms with Gasteiger partial charge in [0.2, 0.25) is 0 Å². The monoisotopic (exact) mass is 359 g/mol. The lowest BCUT2D eigenvalue weighted by atomic mass is 10.1. The van der Waals surface area contributed by atoms with Gasteiger partial charge in [0.1, 0.15) is 5.69 Å². The highest BCUT2D eigenvalue weighted by Gasteiger charge is 2.19. The molecule has 11 heteroatoms. The first-order valence-corrected chi connectivity index (χ1v) is 7.19. The Hall–Kier alpha value is -3.89. The second-order valence-corrected chi connectivity index (χ2v) is 5.28. The van der Waals surface area contributed by atoms with E-state index in [2.05, 4.69) is 10.5 Å². The maximum Gasteiger partial charge on any atom is 0.301 e. The van der Waals surface area contributed by atoms with Crippen molar-refractivity contribution in [2.75, 3.05) is 5.43 Å². The topological polar surface area (TPSA) is 154 Å². The van der Waals surface area contributed by atoms with Gasteiger partial charge in [0.25, 0.3) is 11.4 Å². The summed E-state index contributed by atoms with van der Waals surface area (Å²) in [7, 11) is 0. The van der Waals surface area contributed by atoms with Crippen molar-refractivity contribution in [2.45, 2.75) is 13.8 Å². The average molecular weight is 359 g/mol. The molecule has 11 nitrogen and oxygen atoms in total. The van der Waals surface area contributed by atoms with Gasteiger partial charge in [-0.3, -0.25) is 35.8 Å². The van der Waals surface area contributed by atoms with E-state index < -0.39 is 26.1 Å². The second-order valence-electron chi connectivity index (χ2n) is 5.28. The van der Waals surface area contributed by atoms with Crippen LogP contribution < -0.4 is 5.43 Å². The molecule has 1 N–H and O–H groups in total. The number of hydrazone groups is 1. The quantitative estimate of drug-likeness (QED) is 0.470. The first-order chi connectivity index (χ1) is 12.2. The summed E-state index contributed by atoms with van der Waals surface area (Å²) in [6, 6.07) is 7.65. The van der Waals surface area contributed by atoms with Crippen LogP contribution in [-0.2, 0) is 0 Å². The molecule has 0 radical (unpaired) electrons. The Morgan fingerprint density at radius 3 is 2.15 bits per heavy atom. The number of nitrogens with zero attached hydrogens (tertiary/aromatic N) is 4. The van der Waals surface area contributed by atoms with Crippen molar-refractivity contribution in [2.24, 2.45) is 5.10 Å². The summed E-state index contributed by atoms with van der Waals surface area (Å²) >= 11 is 0. The molecule has 0 atom stereocenters. The first-order valence-electron chi connectivity index (χ1n) is 7.19. The minimum absolute atomic E-state index is 0.0402. The SMILES string of the molecule is CC(=NNc1ccc([N+](=O)[O-])cc1[N+](=O)[O-])c1ccc(C)c([N+](=O)[O-])c1. The van der Waals surface area contributed by atoms with Gasteiger partial charge in [0.05, 0.1) is 26.5 Å². The lowest BCUT2D eigenvalue weighted by Crippen LogP contribution is -2.03. The van der Waals surface area contributed by atoms with E-state index in [0.29, 0.717) is 16.8 Å². The van der Waals surface area contributed by atoms with Crippen LogP contribution in [0.15, 0.2) is 41.5 Å². The summed E-state index contributed by atoms with van der Waals surface area (Å²) in [5.74, 6) is 0. The van der Waals surface area contributed by atoms with Crippen molar-refractivity contribution >= 4 is 28.5 Å². The third-order valence-electron chi connectivity index (χ3n) is 3.56. The first kappa shape index (κ1) is 18.4. The molecule has 0 aromatic heterocycles. The molecule has 2 aromatic rings. The second kappa shape index (κ2) is 7.34. The smallest absolute Gasteiger partial charge is 0.271 e. The predicted octanol–water partition coefficient (Wildman–Crippen LogP) is 3.56. The zero-order valence-electron chi connectivity index (χ0n) is 13.7. The number of nitrogens with one attached hydrogen (secondary N) is 1. The van der Waals surface area contributed by atoms with Crippen LogP contribution >= 0.6 is 0 Å². The molecule has 0 saturated carbocycles. The minimum atomic E-state index is -0.767. The third-order valence-corrected chi connectivity index (χ3v) is 3.56. The van der Waals surface area contributed by atoms with Crippen LogP contribution in [0.5, 0.6) is 0 Å². The Kier molecular flexibility index (Phi) is 5.21. The zero-order chi connectivity index (χ0) is 19.4. The van der Waals surface area contributed by atoms with Gasteiger partial charge in [-0.1, -0.05) is 12.1 Å². The van der Waals surface area contributed by atoms with Crippen molar-refractivity contribution in [3.63, 3.8) is 0 Å². The highest BCUT2D eigenvalue weighted by molar-refractivity contribution is 5.99. The zero-order valence-corrected chi connectivity index (χ0v) is 13.7. The molecular weight excluding hydrogens is 346 g/mol. The number of anilines is 1. The maximum atomic E-state index is 11.1. The summed E-state index contributed by atoms with van der Waals surface area (Å²) in [6.45, 7) is 3.17. The summed E-state index contributed by atoms with van der Waals surface area (Å²) in [5, 5.41) is 36.8. The average Bonchev–Trinajstić information content (AvgIpc) is 2.59. The number of hydrogen-bond donors (Lipinski definition) is 1. The number of non-ortho nitro benzene ring substituents is 1. The standard InChI is InChI=1S/C15H13N5O6/c1-9-3-4-11(7-14(9)19(23)24)10(2)16-17-13-6-5-12(18(21)22)8-15(13)20(25)26/h3-8,17H,1-2H3. The Labute approximate surface area is 146 Å². The van der Waals surface area contributed by atoms with E-state index in [4.69, 9.17) is 0 Å². The summed E-state index contributed by atoms with van der Waals surface area (Å²) < 4.78 is 0. The van der Waals surface area contributed by atoms with Gasteiger partial charge < -0.3 is 0 Å². The molecule has 0 bridgehead atoms. The van der Waals surface area contributed by atoms with Gasteiger partial charge in [0, 0.05) is 23.3 Å². The number of aryl methyl sites for hydroxylation is 1. The van der Waals surface area contributed by atoms with Gasteiger partial charge in [-0.05, 0) is 19.9 Å². The molecule has 0 aliphatic rings. The van der Waals surface area contributed by atoms with E-state index in [0.717, 1.165) is 12.1 Å². The largest absolute Gasteiger partial charge is 0.301 e. The fourth-order valence-electron chi connectivity index (χ4n) is 2.12. The lowest BCUT2D eigenvalue weighted by molar-refractivity contribution is -0.393. The van der Waals surface area contributed by atoms with Crippen LogP contribution in [0.4, 0.5) is 22.7 Å². The molecule has 0 aliphatic carbocycles. The van der Waals surface area contributed by atoms with Crippen molar-refractivity contribution in [3.8, 4) is 0 Å². The summed E-state index contributed by atoms with van der Waals surface area (Å²) in [4.78, 5) is 30.8. The minimum Gasteiger partial charge on any atom is -0.271 e. The number of rotatable bonds is 6. The van der Waals surface area contributed by atoms with E-state index in [1.54, 1.807) is 26.0 Å². The van der Waals surface area contributed by atoms with Crippen LogP contribution in [-0.4, -0.2) is 20.5 Å². The summed E-state index contributed by atoms with van der Waals surface area (Å²) in [6.07, 6.45) is 0. The molecule has 2 aromatic carbocycles. The molecule has 0 fully saturated rings. The highest BCUT2D eigenvalue weighted by Crippen LogP contribution is 2.29. The van der Waals surface area contributed by atoms with Gasteiger partial charge >= 0.3 is 5.69 Å². The lowest BCUT2D eigenvalue weighted by Gasteiger charge is -2.05. The van der Waals surface area contributed by atoms with Crippen LogP contribution in [0.3, 0.4) is 0 Å². The van der Waals surface area contributed by atoms with Crippen molar-refractivity contribution in [1.29, 1.82) is 0 Å². The predicted molar refractivity (Wildman–Crippen MR) is 93.4 cm³/mol. The van der Waals surface area contributed by atoms with Gasteiger partial charge in [-0.15, -0.1) is 0 Å². The van der Waals surface area contributed by atoms with E-state index in [1.165, 1.54) is 12.1 Å². The van der Waals surface area contributed by atoms with Gasteiger partial charge in [-0.25, -0.2) is 0 Å². The molecule has 134 valence electrons. The van der Waals surface area contributed by atoms with E-state index in [-0.39, 0.29) is 11.4 Å². The summed E-state index contributed by atoms with van der Waals surface area (Å²) in [5.41, 5.74) is 2.73. The fraction of sp³-hybridized carbons (Fsp3) is 0.133. The normalized spacial score (nSPS) is 11.1. The fourth-order valence-corrected chi connectivity index (χ4v) is 2.12. The van der Waals surface area contributed by atoms with Crippen molar-refractivity contribution in [3.05, 3.63) is 77.9 Å². The molecular formula is C15H13N5O6. The van der Waals surface area contributed by atoms with E-state index >= 15 is 0 Å². The molecule has 0 saturated heterocycles. The van der Waals surface area contributed by atoms with Crippen LogP contribution in [0.2, 0.25) is 0 Å². The Balaban J connectivity index is 2.34. The molecule has 26 heavy (non-hydrogen) atoms. The number of nitro benzene ring substituents is 3. The van der Waals surface area contributed by atoms with E-state index in [9.17, 15) is 30.3 Å². The molecule has 0 amide bonds. The number of benzene rings is 2. The Morgan fingerprint density at radius 1 is 0.923 bits per heavy atom. The Morgan fingerprint density at radius 2 is 1.58 bits per heavy atom. The van der Waals surface area contributed by atoms with Crippen LogP contribution in [0, 0.1) is 37.3 Å². The molecule has 0 spiro atoms. The van der Waals surface area contributed by atoms with Crippen molar-refractivity contribution in [1.82, 2.24) is 0 Å². The van der Waals surface area contributed by atoms with Crippen molar-refractivity contribution < 1.29 is 14.8 Å². The molecule has 2 rings (SSSR count). The third kappa shape index (κ3) is 3.95. The van der Waals surface area contributed by atoms with Crippen LogP contribution in [0.1, 0.15) is 18.1 Å².